The van der Waals surface area contributed by atoms with Crippen LogP contribution >= 0.6 is 24.8 Å². The molecule has 0 atom stereocenters. The molecule has 2 aliphatic rings. The Kier molecular flexibility index (Phi) is 10.0. The summed E-state index contributed by atoms with van der Waals surface area (Å²) < 4.78 is 0. The molecule has 4 nitrogen and oxygen atoms in total. The van der Waals surface area contributed by atoms with E-state index in [9.17, 15) is 0 Å². The molecule has 1 aromatic rings. The number of anilines is 1. The van der Waals surface area contributed by atoms with Crippen LogP contribution in [-0.4, -0.2) is 75.2 Å². The summed E-state index contributed by atoms with van der Waals surface area (Å²) in [5, 5.41) is 3.43. The Hall–Kier alpha value is -0.520. The Balaban J connectivity index is 0.00000144. The summed E-state index contributed by atoms with van der Waals surface area (Å²) in [6, 6.07) is 11.6. The number of likely N-dealkylation sites (N-methyl/N-ethyl adjacent to an activating group) is 1. The molecule has 0 radical (unpaired) electrons. The average Bonchev–Trinajstić information content (AvgIpc) is 2.61. The summed E-state index contributed by atoms with van der Waals surface area (Å²) >= 11 is 0. The van der Waals surface area contributed by atoms with Crippen LogP contribution in [0.25, 0.3) is 0 Å². The minimum Gasteiger partial charge on any atom is -0.371 e. The Morgan fingerprint density at radius 3 is 2.25 bits per heavy atom. The molecular formula is C18H32Cl2N4. The Morgan fingerprint density at radius 2 is 1.62 bits per heavy atom. The molecule has 0 saturated carbocycles. The number of hydrogen-bond acceptors (Lipinski definition) is 4. The van der Waals surface area contributed by atoms with Crippen LogP contribution in [0.5, 0.6) is 0 Å². The van der Waals surface area contributed by atoms with Crippen molar-refractivity contribution in [1.82, 2.24) is 15.1 Å². The van der Waals surface area contributed by atoms with Gasteiger partial charge < -0.3 is 15.1 Å². The van der Waals surface area contributed by atoms with Crippen molar-refractivity contribution in [2.75, 3.05) is 64.3 Å². The lowest BCUT2D eigenvalue weighted by molar-refractivity contribution is 0.161. The van der Waals surface area contributed by atoms with Gasteiger partial charge >= 0.3 is 0 Å². The molecule has 2 saturated heterocycles. The van der Waals surface area contributed by atoms with Crippen LogP contribution in [-0.2, 0) is 0 Å². The summed E-state index contributed by atoms with van der Waals surface area (Å²) in [6.07, 6.45) is 2.57. The molecule has 2 heterocycles. The van der Waals surface area contributed by atoms with E-state index in [4.69, 9.17) is 0 Å². The van der Waals surface area contributed by atoms with Gasteiger partial charge in [-0.05, 0) is 32.0 Å². The molecule has 1 N–H and O–H groups in total. The van der Waals surface area contributed by atoms with Crippen LogP contribution in [0.4, 0.5) is 5.69 Å². The molecule has 24 heavy (non-hydrogen) atoms. The standard InChI is InChI=1S/C18H30N4.2ClH/c1-20(15-16-21-13-9-19-10-14-21)17-7-11-22(12-8-17)18-5-3-2-4-6-18;;/h2-6,17,19H,7-16H2,1H3;2*1H. The first kappa shape index (κ1) is 21.5. The van der Waals surface area contributed by atoms with Gasteiger partial charge in [0.2, 0.25) is 0 Å². The zero-order chi connectivity index (χ0) is 15.2. The van der Waals surface area contributed by atoms with Gasteiger partial charge in [0.05, 0.1) is 0 Å². The fraction of sp³-hybridized carbons (Fsp3) is 0.667. The SMILES string of the molecule is CN(CCN1CCNCC1)C1CCN(c2ccccc2)CC1.Cl.Cl. The lowest BCUT2D eigenvalue weighted by Gasteiger charge is -2.38. The maximum Gasteiger partial charge on any atom is 0.0366 e. The van der Waals surface area contributed by atoms with Crippen molar-refractivity contribution in [3.05, 3.63) is 30.3 Å². The number of para-hydroxylation sites is 1. The number of rotatable bonds is 5. The molecule has 2 fully saturated rings. The molecule has 0 aromatic heterocycles. The minimum atomic E-state index is 0. The third-order valence-electron chi connectivity index (χ3n) is 5.19. The molecule has 0 bridgehead atoms. The van der Waals surface area contributed by atoms with Crippen molar-refractivity contribution >= 4 is 30.5 Å². The molecule has 6 heteroatoms. The van der Waals surface area contributed by atoms with E-state index in [1.54, 1.807) is 0 Å². The number of nitrogens with one attached hydrogen (secondary N) is 1. The van der Waals surface area contributed by atoms with Gasteiger partial charge in [-0.3, -0.25) is 4.90 Å². The summed E-state index contributed by atoms with van der Waals surface area (Å²) in [6.45, 7) is 9.52. The van der Waals surface area contributed by atoms with E-state index in [0.717, 1.165) is 19.1 Å². The second-order valence-corrected chi connectivity index (χ2v) is 6.63. The number of piperazine rings is 1. The Morgan fingerprint density at radius 1 is 1.00 bits per heavy atom. The van der Waals surface area contributed by atoms with E-state index in [1.807, 2.05) is 0 Å². The molecule has 1 aromatic carbocycles. The van der Waals surface area contributed by atoms with Crippen molar-refractivity contribution in [3.63, 3.8) is 0 Å². The highest BCUT2D eigenvalue weighted by Gasteiger charge is 2.22. The predicted octanol–water partition coefficient (Wildman–Crippen LogP) is 2.34. The highest BCUT2D eigenvalue weighted by Crippen LogP contribution is 2.21. The zero-order valence-corrected chi connectivity index (χ0v) is 16.3. The van der Waals surface area contributed by atoms with Crippen LogP contribution in [0, 0.1) is 0 Å². The third kappa shape index (κ3) is 6.08. The first-order valence-electron chi connectivity index (χ1n) is 8.76. The van der Waals surface area contributed by atoms with Crippen LogP contribution in [0.15, 0.2) is 30.3 Å². The third-order valence-corrected chi connectivity index (χ3v) is 5.19. The second kappa shape index (κ2) is 11.2. The summed E-state index contributed by atoms with van der Waals surface area (Å²) in [4.78, 5) is 7.71. The lowest BCUT2D eigenvalue weighted by atomic mass is 10.0. The number of piperidine rings is 1. The number of benzene rings is 1. The highest BCUT2D eigenvalue weighted by molar-refractivity contribution is 5.85. The molecule has 3 rings (SSSR count). The fourth-order valence-electron chi connectivity index (χ4n) is 3.62. The Bertz CT molecular complexity index is 432. The summed E-state index contributed by atoms with van der Waals surface area (Å²) in [7, 11) is 2.31. The molecule has 2 aliphatic heterocycles. The molecule has 0 amide bonds. The fourth-order valence-corrected chi connectivity index (χ4v) is 3.62. The van der Waals surface area contributed by atoms with Crippen molar-refractivity contribution < 1.29 is 0 Å². The van der Waals surface area contributed by atoms with Crippen LogP contribution < -0.4 is 10.2 Å². The van der Waals surface area contributed by atoms with Crippen molar-refractivity contribution in [3.8, 4) is 0 Å². The van der Waals surface area contributed by atoms with E-state index in [0.29, 0.717) is 0 Å². The van der Waals surface area contributed by atoms with E-state index >= 15 is 0 Å². The summed E-state index contributed by atoms with van der Waals surface area (Å²) in [5.74, 6) is 0. The van der Waals surface area contributed by atoms with Crippen LogP contribution in [0.1, 0.15) is 12.8 Å². The van der Waals surface area contributed by atoms with Gasteiger partial charge in [-0.2, -0.15) is 0 Å². The van der Waals surface area contributed by atoms with Gasteiger partial charge in [-0.1, -0.05) is 18.2 Å². The molecule has 138 valence electrons. The van der Waals surface area contributed by atoms with E-state index in [2.05, 4.69) is 57.4 Å². The van der Waals surface area contributed by atoms with Crippen LogP contribution in [0.2, 0.25) is 0 Å². The average molecular weight is 375 g/mol. The topological polar surface area (TPSA) is 21.8 Å². The van der Waals surface area contributed by atoms with E-state index < -0.39 is 0 Å². The molecule has 0 unspecified atom stereocenters. The number of nitrogens with zero attached hydrogens (tertiary/aromatic N) is 3. The molecule has 0 spiro atoms. The maximum atomic E-state index is 3.43. The summed E-state index contributed by atoms with van der Waals surface area (Å²) in [5.41, 5.74) is 1.38. The second-order valence-electron chi connectivity index (χ2n) is 6.63. The van der Waals surface area contributed by atoms with Crippen molar-refractivity contribution in [2.24, 2.45) is 0 Å². The Labute approximate surface area is 159 Å². The predicted molar refractivity (Wildman–Crippen MR) is 108 cm³/mol. The molecule has 0 aliphatic carbocycles. The number of halogens is 2. The largest absolute Gasteiger partial charge is 0.371 e. The smallest absolute Gasteiger partial charge is 0.0366 e. The highest BCUT2D eigenvalue weighted by atomic mass is 35.5. The first-order chi connectivity index (χ1) is 10.8. The van der Waals surface area contributed by atoms with E-state index in [1.165, 1.54) is 57.8 Å². The molecular weight excluding hydrogens is 343 g/mol. The quantitative estimate of drug-likeness (QED) is 0.853. The lowest BCUT2D eigenvalue weighted by Crippen LogP contribution is -2.48. The normalized spacial score (nSPS) is 19.7. The van der Waals surface area contributed by atoms with Gasteiger partial charge in [-0.25, -0.2) is 0 Å². The van der Waals surface area contributed by atoms with Crippen molar-refractivity contribution in [2.45, 2.75) is 18.9 Å². The van der Waals surface area contributed by atoms with Crippen LogP contribution in [0.3, 0.4) is 0 Å². The van der Waals surface area contributed by atoms with Gasteiger partial charge in [0.25, 0.3) is 0 Å². The van der Waals surface area contributed by atoms with Gasteiger partial charge in [0.1, 0.15) is 0 Å². The number of hydrogen-bond donors (Lipinski definition) is 1. The van der Waals surface area contributed by atoms with Crippen molar-refractivity contribution in [1.29, 1.82) is 0 Å². The van der Waals surface area contributed by atoms with Gasteiger partial charge in [-0.15, -0.1) is 24.8 Å². The maximum absolute atomic E-state index is 3.43. The monoisotopic (exact) mass is 374 g/mol. The zero-order valence-electron chi connectivity index (χ0n) is 14.7. The minimum absolute atomic E-state index is 0. The first-order valence-corrected chi connectivity index (χ1v) is 8.76. The van der Waals surface area contributed by atoms with E-state index in [-0.39, 0.29) is 24.8 Å². The van der Waals surface area contributed by atoms with Gasteiger partial charge in [0, 0.05) is 64.1 Å². The van der Waals surface area contributed by atoms with Gasteiger partial charge in [0.15, 0.2) is 0 Å².